The first-order valence-electron chi connectivity index (χ1n) is 6.83. The van der Waals surface area contributed by atoms with Crippen LogP contribution in [0.2, 0.25) is 0 Å². The van der Waals surface area contributed by atoms with Crippen LogP contribution in [0.3, 0.4) is 0 Å². The number of aromatic nitrogens is 2. The summed E-state index contributed by atoms with van der Waals surface area (Å²) in [5, 5.41) is 5.81. The zero-order valence-electron chi connectivity index (χ0n) is 13.2. The van der Waals surface area contributed by atoms with Crippen molar-refractivity contribution in [3.63, 3.8) is 0 Å². The number of nitrogens with one attached hydrogen (secondary N) is 2. The Morgan fingerprint density at radius 1 is 1.35 bits per heavy atom. The van der Waals surface area contributed by atoms with Crippen LogP contribution < -0.4 is 15.5 Å². The molecule has 0 atom stereocenters. The summed E-state index contributed by atoms with van der Waals surface area (Å²) < 4.78 is 0. The smallest absolute Gasteiger partial charge is 0.239 e. The maximum absolute atomic E-state index is 11.7. The third-order valence-corrected chi connectivity index (χ3v) is 2.79. The fourth-order valence-corrected chi connectivity index (χ4v) is 1.64. The van der Waals surface area contributed by atoms with Gasteiger partial charge < -0.3 is 15.5 Å². The lowest BCUT2D eigenvalue weighted by molar-refractivity contribution is -0.119. The maximum atomic E-state index is 11.7. The molecule has 2 N–H and O–H groups in total. The first kappa shape index (κ1) is 16.2. The number of hydrogen-bond donors (Lipinski definition) is 2. The number of likely N-dealkylation sites (N-methyl/N-ethyl adjacent to an activating group) is 2. The Hall–Kier alpha value is -1.85. The molecule has 112 valence electrons. The van der Waals surface area contributed by atoms with E-state index in [1.165, 1.54) is 0 Å². The molecule has 0 saturated heterocycles. The Balaban J connectivity index is 3.02. The molecule has 0 aromatic carbocycles. The molecular formula is C14H25N5O. The van der Waals surface area contributed by atoms with Crippen molar-refractivity contribution in [2.75, 3.05) is 37.4 Å². The van der Waals surface area contributed by atoms with E-state index in [1.807, 2.05) is 32.0 Å². The van der Waals surface area contributed by atoms with Crippen molar-refractivity contribution in [2.45, 2.75) is 33.1 Å². The van der Waals surface area contributed by atoms with Gasteiger partial charge in [0.25, 0.3) is 0 Å². The first-order valence-corrected chi connectivity index (χ1v) is 6.83. The average molecular weight is 279 g/mol. The van der Waals surface area contributed by atoms with E-state index in [4.69, 9.17) is 0 Å². The fraction of sp³-hybridized carbons (Fsp3) is 0.643. The van der Waals surface area contributed by atoms with E-state index in [0.717, 1.165) is 17.5 Å². The lowest BCUT2D eigenvalue weighted by Crippen LogP contribution is -2.35. The van der Waals surface area contributed by atoms with Crippen LogP contribution in [0.4, 0.5) is 11.6 Å². The van der Waals surface area contributed by atoms with Crippen molar-refractivity contribution in [1.29, 1.82) is 0 Å². The third-order valence-electron chi connectivity index (χ3n) is 2.79. The Morgan fingerprint density at radius 3 is 2.50 bits per heavy atom. The average Bonchev–Trinajstić information content (AvgIpc) is 2.37. The van der Waals surface area contributed by atoms with E-state index in [2.05, 4.69) is 41.4 Å². The minimum Gasteiger partial charge on any atom is -0.373 e. The summed E-state index contributed by atoms with van der Waals surface area (Å²) in [7, 11) is 3.67. The fourth-order valence-electron chi connectivity index (χ4n) is 1.64. The lowest BCUT2D eigenvalue weighted by Gasteiger charge is -2.22. The molecule has 1 rings (SSSR count). The van der Waals surface area contributed by atoms with Gasteiger partial charge in [-0.2, -0.15) is 0 Å². The summed E-state index contributed by atoms with van der Waals surface area (Å²) in [5.74, 6) is 2.22. The zero-order chi connectivity index (χ0) is 15.3. The van der Waals surface area contributed by atoms with Crippen LogP contribution in [0.1, 0.15) is 33.5 Å². The summed E-state index contributed by atoms with van der Waals surface area (Å²) in [5.41, 5.74) is -0.145. The summed E-state index contributed by atoms with van der Waals surface area (Å²) in [6.07, 6.45) is 0. The Labute approximate surface area is 121 Å². The number of rotatable bonds is 5. The molecule has 1 heterocycles. The summed E-state index contributed by atoms with van der Waals surface area (Å²) in [6.45, 7) is 9.00. The molecule has 0 saturated carbocycles. The minimum absolute atomic E-state index is 0.0167. The number of nitrogens with zero attached hydrogens (tertiary/aromatic N) is 3. The molecule has 6 nitrogen and oxygen atoms in total. The van der Waals surface area contributed by atoms with Gasteiger partial charge in [0.2, 0.25) is 5.91 Å². The van der Waals surface area contributed by atoms with Crippen LogP contribution in [-0.4, -0.2) is 43.1 Å². The van der Waals surface area contributed by atoms with Gasteiger partial charge in [0.05, 0.1) is 6.54 Å². The molecule has 0 unspecified atom stereocenters. The van der Waals surface area contributed by atoms with E-state index < -0.39 is 0 Å². The number of carbonyl (C=O) groups excluding carboxylic acids is 1. The van der Waals surface area contributed by atoms with Gasteiger partial charge >= 0.3 is 0 Å². The number of carbonyl (C=O) groups is 1. The quantitative estimate of drug-likeness (QED) is 0.852. The molecule has 0 fully saturated rings. The topological polar surface area (TPSA) is 70.2 Å². The van der Waals surface area contributed by atoms with Crippen molar-refractivity contribution >= 4 is 17.5 Å². The monoisotopic (exact) mass is 279 g/mol. The van der Waals surface area contributed by atoms with Gasteiger partial charge in [-0.1, -0.05) is 20.8 Å². The number of hydrogen-bond acceptors (Lipinski definition) is 5. The van der Waals surface area contributed by atoms with Crippen molar-refractivity contribution in [2.24, 2.45) is 0 Å². The number of anilines is 2. The third kappa shape index (κ3) is 4.36. The van der Waals surface area contributed by atoms with Crippen molar-refractivity contribution < 1.29 is 4.79 Å². The Morgan fingerprint density at radius 2 is 2.00 bits per heavy atom. The molecule has 1 aromatic rings. The molecule has 1 aromatic heterocycles. The van der Waals surface area contributed by atoms with Crippen LogP contribution in [0.15, 0.2) is 6.07 Å². The van der Waals surface area contributed by atoms with E-state index in [-0.39, 0.29) is 17.9 Å². The summed E-state index contributed by atoms with van der Waals surface area (Å²) >= 11 is 0. The first-order chi connectivity index (χ1) is 9.27. The van der Waals surface area contributed by atoms with E-state index >= 15 is 0 Å². The normalized spacial score (nSPS) is 11.1. The highest BCUT2D eigenvalue weighted by Crippen LogP contribution is 2.23. The van der Waals surface area contributed by atoms with Crippen LogP contribution >= 0.6 is 0 Å². The highest BCUT2D eigenvalue weighted by Gasteiger charge is 2.20. The van der Waals surface area contributed by atoms with Crippen molar-refractivity contribution in [3.05, 3.63) is 11.9 Å². The molecule has 0 aliphatic rings. The summed E-state index contributed by atoms with van der Waals surface area (Å²) in [4.78, 5) is 22.5. The van der Waals surface area contributed by atoms with Crippen LogP contribution in [-0.2, 0) is 10.2 Å². The van der Waals surface area contributed by atoms with Crippen molar-refractivity contribution in [1.82, 2.24) is 15.3 Å². The Kier molecular flexibility index (Phi) is 5.30. The van der Waals surface area contributed by atoms with Gasteiger partial charge in [-0.25, -0.2) is 9.97 Å². The maximum Gasteiger partial charge on any atom is 0.239 e. The molecule has 1 amide bonds. The summed E-state index contributed by atoms with van der Waals surface area (Å²) in [6, 6.07) is 1.84. The highest BCUT2D eigenvalue weighted by atomic mass is 16.2. The highest BCUT2D eigenvalue weighted by molar-refractivity contribution is 5.80. The molecule has 20 heavy (non-hydrogen) atoms. The molecule has 0 radical (unpaired) electrons. The second-order valence-electron chi connectivity index (χ2n) is 5.74. The molecule has 0 spiro atoms. The largest absolute Gasteiger partial charge is 0.373 e. The van der Waals surface area contributed by atoms with Crippen LogP contribution in [0.25, 0.3) is 0 Å². The standard InChI is InChI=1S/C14H25N5O/c1-7-16-12(20)9-19(6)11-8-10(15-5)17-13(18-11)14(2,3)4/h8H,7,9H2,1-6H3,(H,16,20)(H,15,17,18). The molecule has 0 aliphatic carbocycles. The SMILES string of the molecule is CCNC(=O)CN(C)c1cc(NC)nc(C(C)(C)C)n1. The predicted octanol–water partition coefficient (Wildman–Crippen LogP) is 1.39. The van der Waals surface area contributed by atoms with Gasteiger partial charge in [0.15, 0.2) is 0 Å². The predicted molar refractivity (Wildman–Crippen MR) is 82.2 cm³/mol. The van der Waals surface area contributed by atoms with E-state index in [1.54, 1.807) is 0 Å². The van der Waals surface area contributed by atoms with Gasteiger partial charge in [-0.15, -0.1) is 0 Å². The van der Waals surface area contributed by atoms with Gasteiger partial charge in [0, 0.05) is 32.1 Å². The van der Waals surface area contributed by atoms with Crippen LogP contribution in [0.5, 0.6) is 0 Å². The molecule has 6 heteroatoms. The Bertz CT molecular complexity index is 467. The molecular weight excluding hydrogens is 254 g/mol. The van der Waals surface area contributed by atoms with Crippen molar-refractivity contribution in [3.8, 4) is 0 Å². The van der Waals surface area contributed by atoms with E-state index in [0.29, 0.717) is 6.54 Å². The second-order valence-corrected chi connectivity index (χ2v) is 5.74. The van der Waals surface area contributed by atoms with Gasteiger partial charge in [-0.3, -0.25) is 4.79 Å². The zero-order valence-corrected chi connectivity index (χ0v) is 13.2. The van der Waals surface area contributed by atoms with Gasteiger partial charge in [0.1, 0.15) is 17.5 Å². The molecule has 0 bridgehead atoms. The second kappa shape index (κ2) is 6.54. The van der Waals surface area contributed by atoms with Crippen LogP contribution in [0, 0.1) is 0 Å². The van der Waals surface area contributed by atoms with E-state index in [9.17, 15) is 4.79 Å². The molecule has 0 aliphatic heterocycles. The lowest BCUT2D eigenvalue weighted by atomic mass is 9.96. The van der Waals surface area contributed by atoms with Gasteiger partial charge in [-0.05, 0) is 6.92 Å². The number of amides is 1. The minimum atomic E-state index is -0.145.